The first-order chi connectivity index (χ1) is 11.8. The van der Waals surface area contributed by atoms with E-state index in [0.29, 0.717) is 39.3 Å². The fraction of sp³-hybridized carbons (Fsp3) is 0.588. The first-order valence-electron chi connectivity index (χ1n) is 8.39. The van der Waals surface area contributed by atoms with E-state index in [2.05, 4.69) is 14.9 Å². The van der Waals surface area contributed by atoms with Gasteiger partial charge in [-0.05, 0) is 49.6 Å². The van der Waals surface area contributed by atoms with E-state index in [-0.39, 0.29) is 6.09 Å². The van der Waals surface area contributed by atoms with Crippen LogP contribution < -0.4 is 10.6 Å². The van der Waals surface area contributed by atoms with Crippen LogP contribution in [-0.2, 0) is 17.8 Å². The molecule has 136 valence electrons. The first kappa shape index (κ1) is 18.9. The number of nitrogens with zero attached hydrogens (tertiary/aromatic N) is 5. The summed E-state index contributed by atoms with van der Waals surface area (Å²) in [6, 6.07) is 6.01. The maximum absolute atomic E-state index is 12.2. The van der Waals surface area contributed by atoms with E-state index in [1.807, 2.05) is 39.0 Å². The molecule has 1 aliphatic heterocycles. The average Bonchev–Trinajstić information content (AvgIpc) is 2.58. The number of rotatable bonds is 4. The number of benzene rings is 1. The summed E-state index contributed by atoms with van der Waals surface area (Å²) in [6.45, 7) is 8.97. The Kier molecular flexibility index (Phi) is 6.12. The van der Waals surface area contributed by atoms with Crippen molar-refractivity contribution < 1.29 is 9.53 Å². The molecule has 0 radical (unpaired) electrons. The molecule has 2 N–H and O–H groups in total. The SMILES string of the molecule is CC(C)(C)OC(=O)N1CCN(c2cc(CN)cc(CN=[N+]=[N-])c2)CC1. The Hall–Kier alpha value is -2.44. The van der Waals surface area contributed by atoms with Gasteiger partial charge in [-0.2, -0.15) is 0 Å². The van der Waals surface area contributed by atoms with Crippen molar-refractivity contribution >= 4 is 11.8 Å². The highest BCUT2D eigenvalue weighted by atomic mass is 16.6. The van der Waals surface area contributed by atoms with Gasteiger partial charge in [0, 0.05) is 43.3 Å². The topological polar surface area (TPSA) is 108 Å². The van der Waals surface area contributed by atoms with Gasteiger partial charge in [-0.15, -0.1) is 0 Å². The summed E-state index contributed by atoms with van der Waals surface area (Å²) >= 11 is 0. The predicted octanol–water partition coefficient (Wildman–Crippen LogP) is 3.01. The molecule has 2 rings (SSSR count). The van der Waals surface area contributed by atoms with Crippen LogP contribution in [0.25, 0.3) is 10.4 Å². The number of piperazine rings is 1. The molecule has 0 spiro atoms. The van der Waals surface area contributed by atoms with Gasteiger partial charge in [0.25, 0.3) is 0 Å². The number of carbonyl (C=O) groups excluding carboxylic acids is 1. The third-order valence-electron chi connectivity index (χ3n) is 3.89. The van der Waals surface area contributed by atoms with Crippen LogP contribution in [0.15, 0.2) is 23.3 Å². The maximum atomic E-state index is 12.2. The molecule has 8 nitrogen and oxygen atoms in total. The second-order valence-electron chi connectivity index (χ2n) is 7.06. The van der Waals surface area contributed by atoms with Crippen LogP contribution in [-0.4, -0.2) is 42.8 Å². The summed E-state index contributed by atoms with van der Waals surface area (Å²) in [6.07, 6.45) is -0.271. The fourth-order valence-electron chi connectivity index (χ4n) is 2.72. The summed E-state index contributed by atoms with van der Waals surface area (Å²) in [4.78, 5) is 18.9. The van der Waals surface area contributed by atoms with Gasteiger partial charge in [0.15, 0.2) is 0 Å². The van der Waals surface area contributed by atoms with Crippen molar-refractivity contribution in [3.8, 4) is 0 Å². The van der Waals surface area contributed by atoms with Crippen molar-refractivity contribution in [3.05, 3.63) is 39.8 Å². The molecule has 1 fully saturated rings. The Morgan fingerprint density at radius 3 is 2.44 bits per heavy atom. The van der Waals surface area contributed by atoms with Crippen molar-refractivity contribution in [3.63, 3.8) is 0 Å². The highest BCUT2D eigenvalue weighted by Gasteiger charge is 2.26. The number of hydrogen-bond donors (Lipinski definition) is 1. The third-order valence-corrected chi connectivity index (χ3v) is 3.89. The van der Waals surface area contributed by atoms with Crippen LogP contribution in [0.1, 0.15) is 31.9 Å². The molecular weight excluding hydrogens is 320 g/mol. The van der Waals surface area contributed by atoms with Crippen LogP contribution in [0.4, 0.5) is 10.5 Å². The van der Waals surface area contributed by atoms with Gasteiger partial charge in [-0.25, -0.2) is 4.79 Å². The quantitative estimate of drug-likeness (QED) is 0.513. The minimum atomic E-state index is -0.486. The van der Waals surface area contributed by atoms with Crippen LogP contribution in [0.5, 0.6) is 0 Å². The highest BCUT2D eigenvalue weighted by Crippen LogP contribution is 2.22. The molecule has 1 saturated heterocycles. The van der Waals surface area contributed by atoms with Gasteiger partial charge in [0.05, 0.1) is 6.54 Å². The lowest BCUT2D eigenvalue weighted by atomic mass is 10.1. The molecule has 1 aromatic rings. The molecule has 0 bridgehead atoms. The zero-order valence-electron chi connectivity index (χ0n) is 15.1. The molecule has 8 heteroatoms. The standard InChI is InChI=1S/C17H26N6O2/c1-17(2,3)25-16(24)23-6-4-22(5-7-23)15-9-13(11-18)8-14(10-15)12-20-21-19/h8-10H,4-7,11-12,18H2,1-3H3. The molecule has 0 aliphatic carbocycles. The van der Waals surface area contributed by atoms with Gasteiger partial charge in [-0.1, -0.05) is 11.2 Å². The maximum Gasteiger partial charge on any atom is 0.410 e. The summed E-state index contributed by atoms with van der Waals surface area (Å²) in [5.74, 6) is 0. The molecule has 0 atom stereocenters. The van der Waals surface area contributed by atoms with Crippen LogP contribution in [0.3, 0.4) is 0 Å². The lowest BCUT2D eigenvalue weighted by Gasteiger charge is -2.37. The third kappa shape index (κ3) is 5.55. The van der Waals surface area contributed by atoms with Crippen molar-refractivity contribution in [2.24, 2.45) is 10.8 Å². The lowest BCUT2D eigenvalue weighted by Crippen LogP contribution is -2.50. The molecule has 1 aliphatic rings. The Morgan fingerprint density at radius 2 is 1.88 bits per heavy atom. The van der Waals surface area contributed by atoms with E-state index in [1.165, 1.54) is 0 Å². The lowest BCUT2D eigenvalue weighted by molar-refractivity contribution is 0.0240. The van der Waals surface area contributed by atoms with Gasteiger partial charge in [-0.3, -0.25) is 0 Å². The minimum Gasteiger partial charge on any atom is -0.444 e. The monoisotopic (exact) mass is 346 g/mol. The Bertz CT molecular complexity index is 656. The van der Waals surface area contributed by atoms with Gasteiger partial charge in [0.2, 0.25) is 0 Å². The first-order valence-corrected chi connectivity index (χ1v) is 8.39. The number of nitrogens with two attached hydrogens (primary N) is 1. The molecule has 0 aromatic heterocycles. The Balaban J connectivity index is 2.04. The molecule has 1 heterocycles. The number of ether oxygens (including phenoxy) is 1. The van der Waals surface area contributed by atoms with Crippen LogP contribution >= 0.6 is 0 Å². The number of carbonyl (C=O) groups is 1. The number of amides is 1. The Morgan fingerprint density at radius 1 is 1.24 bits per heavy atom. The molecule has 1 amide bonds. The molecule has 1 aromatic carbocycles. The van der Waals surface area contributed by atoms with E-state index in [9.17, 15) is 4.79 Å². The van der Waals surface area contributed by atoms with E-state index in [0.717, 1.165) is 16.8 Å². The smallest absolute Gasteiger partial charge is 0.410 e. The van der Waals surface area contributed by atoms with Gasteiger partial charge in [0.1, 0.15) is 5.60 Å². The number of azide groups is 1. The summed E-state index contributed by atoms with van der Waals surface area (Å²) in [7, 11) is 0. The average molecular weight is 346 g/mol. The molecular formula is C17H26N6O2. The number of hydrogen-bond acceptors (Lipinski definition) is 5. The zero-order valence-corrected chi connectivity index (χ0v) is 15.1. The van der Waals surface area contributed by atoms with E-state index >= 15 is 0 Å². The second kappa shape index (κ2) is 8.09. The summed E-state index contributed by atoms with van der Waals surface area (Å²) in [5.41, 5.74) is 16.8. The van der Waals surface area contributed by atoms with Gasteiger partial charge < -0.3 is 20.3 Å². The normalized spacial score (nSPS) is 14.9. The number of anilines is 1. The summed E-state index contributed by atoms with van der Waals surface area (Å²) in [5, 5.41) is 3.62. The summed E-state index contributed by atoms with van der Waals surface area (Å²) < 4.78 is 5.42. The van der Waals surface area contributed by atoms with E-state index in [4.69, 9.17) is 16.0 Å². The van der Waals surface area contributed by atoms with Crippen molar-refractivity contribution in [2.45, 2.75) is 39.5 Å². The Labute approximate surface area is 148 Å². The molecule has 0 saturated carbocycles. The second-order valence-corrected chi connectivity index (χ2v) is 7.06. The van der Waals surface area contributed by atoms with Crippen LogP contribution in [0.2, 0.25) is 0 Å². The van der Waals surface area contributed by atoms with E-state index in [1.54, 1.807) is 4.90 Å². The zero-order chi connectivity index (χ0) is 18.4. The molecule has 0 unspecified atom stereocenters. The highest BCUT2D eigenvalue weighted by molar-refractivity contribution is 5.68. The van der Waals surface area contributed by atoms with Crippen LogP contribution in [0, 0.1) is 0 Å². The van der Waals surface area contributed by atoms with Gasteiger partial charge >= 0.3 is 6.09 Å². The predicted molar refractivity (Wildman–Crippen MR) is 97.2 cm³/mol. The van der Waals surface area contributed by atoms with Crippen molar-refractivity contribution in [1.82, 2.24) is 4.90 Å². The van der Waals surface area contributed by atoms with Crippen molar-refractivity contribution in [2.75, 3.05) is 31.1 Å². The largest absolute Gasteiger partial charge is 0.444 e. The van der Waals surface area contributed by atoms with Crippen molar-refractivity contribution in [1.29, 1.82) is 0 Å². The minimum absolute atomic E-state index is 0.271. The fourth-order valence-corrected chi connectivity index (χ4v) is 2.72. The molecule has 25 heavy (non-hydrogen) atoms. The van der Waals surface area contributed by atoms with E-state index < -0.39 is 5.60 Å².